The van der Waals surface area contributed by atoms with Gasteiger partial charge in [0.1, 0.15) is 17.1 Å². The summed E-state index contributed by atoms with van der Waals surface area (Å²) < 4.78 is 52.1. The molecule has 50 heavy (non-hydrogen) atoms. The van der Waals surface area contributed by atoms with E-state index < -0.39 is 87.4 Å². The number of carbonyl (C=O) groups is 2. The second-order valence-electron chi connectivity index (χ2n) is 15.4. The first-order chi connectivity index (χ1) is 23.4. The van der Waals surface area contributed by atoms with Crippen LogP contribution in [0.4, 0.5) is 0 Å². The maximum absolute atomic E-state index is 14.5. The lowest BCUT2D eigenvalue weighted by atomic mass is 9.55. The summed E-state index contributed by atoms with van der Waals surface area (Å²) in [6.45, 7) is 9.92. The van der Waals surface area contributed by atoms with Crippen LogP contribution < -0.4 is 5.32 Å². The van der Waals surface area contributed by atoms with E-state index in [9.17, 15) is 43.0 Å². The summed E-state index contributed by atoms with van der Waals surface area (Å²) in [6, 6.07) is 4.43. The third-order valence-corrected chi connectivity index (χ3v) is 12.7. The Hall–Kier alpha value is -3.01. The van der Waals surface area contributed by atoms with Gasteiger partial charge in [-0.15, -0.1) is 0 Å². The van der Waals surface area contributed by atoms with E-state index in [0.29, 0.717) is 31.2 Å². The molecular weight excluding hydrogens is 670 g/mol. The Bertz CT molecular complexity index is 1670. The molecule has 276 valence electrons. The molecule has 3 aliphatic heterocycles. The van der Waals surface area contributed by atoms with Crippen molar-refractivity contribution in [2.75, 3.05) is 0 Å². The first-order valence-electron chi connectivity index (χ1n) is 17.6. The molecule has 1 saturated carbocycles. The quantitative estimate of drug-likeness (QED) is 0.130. The Kier molecular flexibility index (Phi) is 9.94. The Morgan fingerprint density at radius 1 is 1.02 bits per heavy atom. The van der Waals surface area contributed by atoms with Crippen molar-refractivity contribution in [3.63, 3.8) is 0 Å². The lowest BCUT2D eigenvalue weighted by Crippen LogP contribution is -2.56. The first kappa shape index (κ1) is 36.8. The van der Waals surface area contributed by atoms with Crippen molar-refractivity contribution in [3.05, 3.63) is 46.7 Å². The fraction of sp³-hybridized carbons (Fsp3) is 0.667. The molecule has 5 aliphatic rings. The maximum Gasteiger partial charge on any atom is 0.397 e. The molecule has 1 amide bonds. The molecule has 14 heteroatoms. The number of benzene rings is 1. The predicted molar refractivity (Wildman–Crippen MR) is 179 cm³/mol. The number of aromatic hydroxyl groups is 2. The van der Waals surface area contributed by atoms with Crippen LogP contribution in [0.15, 0.2) is 41.2 Å². The maximum atomic E-state index is 14.5. The van der Waals surface area contributed by atoms with Gasteiger partial charge in [-0.05, 0) is 92.2 Å². The van der Waals surface area contributed by atoms with Gasteiger partial charge in [0.15, 0.2) is 23.6 Å². The molecule has 6 rings (SSSR count). The highest BCUT2D eigenvalue weighted by atomic mass is 32.3. The van der Waals surface area contributed by atoms with Crippen molar-refractivity contribution in [1.82, 2.24) is 5.32 Å². The van der Waals surface area contributed by atoms with Crippen LogP contribution >= 0.6 is 0 Å². The number of Topliss-reactive ketones (excluding diaryl/α,β-unsaturated/α-hetero) is 1. The average Bonchev–Trinajstić information content (AvgIpc) is 3.27. The van der Waals surface area contributed by atoms with Gasteiger partial charge in [0.25, 0.3) is 5.91 Å². The smallest absolute Gasteiger partial charge is 0.397 e. The molecule has 6 N–H and O–H groups in total. The van der Waals surface area contributed by atoms with Gasteiger partial charge in [-0.2, -0.15) is 8.42 Å². The molecule has 13 atom stereocenters. The molecule has 0 radical (unpaired) electrons. The lowest BCUT2D eigenvalue weighted by molar-refractivity contribution is -0.356. The number of rotatable bonds is 7. The van der Waals surface area contributed by atoms with Crippen LogP contribution in [-0.2, 0) is 33.6 Å². The number of hydrogen-bond donors (Lipinski definition) is 6. The zero-order valence-electron chi connectivity index (χ0n) is 29.0. The predicted octanol–water partition coefficient (Wildman–Crippen LogP) is 4.60. The Morgan fingerprint density at radius 2 is 1.70 bits per heavy atom. The van der Waals surface area contributed by atoms with Gasteiger partial charge in [0, 0.05) is 24.3 Å². The number of aliphatic hydroxyl groups excluding tert-OH is 2. The van der Waals surface area contributed by atoms with E-state index in [1.807, 2.05) is 6.92 Å². The van der Waals surface area contributed by atoms with Crippen LogP contribution in [0.5, 0.6) is 11.5 Å². The van der Waals surface area contributed by atoms with Gasteiger partial charge in [0.05, 0.1) is 18.3 Å². The number of phenolic OH excluding ortho intramolecular Hbond substituents is 2. The molecule has 0 aromatic heterocycles. The SMILES string of the molecule is CC1=CC2CCC(OS(=O)(=O)O)C(C)C2C(C(=O)C2=C(O)C(O)NC2=O)C1CC1OC2(CCC(C)C(c3cc(O)cc(O)c3)O2)C(C)CC1C. The van der Waals surface area contributed by atoms with E-state index in [4.69, 9.17) is 13.7 Å². The van der Waals surface area contributed by atoms with Gasteiger partial charge in [-0.25, -0.2) is 4.18 Å². The number of fused-ring (bicyclic) bond motifs is 1. The Morgan fingerprint density at radius 3 is 2.32 bits per heavy atom. The van der Waals surface area contributed by atoms with E-state index in [1.165, 1.54) is 6.07 Å². The number of hydrogen-bond acceptors (Lipinski definition) is 11. The van der Waals surface area contributed by atoms with E-state index in [0.717, 1.165) is 18.4 Å². The molecule has 1 aromatic carbocycles. The standard InChI is InChI=1S/C36H49NO12S/c1-16-8-9-36(48-33(16)22-12-23(38)14-24(39)13-22)19(4)10-18(3)27(47-36)15-25-17(2)11-21-6-7-26(49-50(44,45)46)20(5)28(21)29(25)31(40)30-32(41)35(43)37-34(30)42/h11-14,16,18-21,25-29,33,35,38-39,41,43H,6-10,15H2,1-5H3,(H,37,42)(H,44,45,46). The minimum atomic E-state index is -4.79. The topological polar surface area (TPSA) is 209 Å². The molecule has 1 aromatic rings. The minimum absolute atomic E-state index is 0.0121. The summed E-state index contributed by atoms with van der Waals surface area (Å²) in [5, 5.41) is 43.5. The molecule has 0 bridgehead atoms. The Labute approximate surface area is 292 Å². The third kappa shape index (κ3) is 6.82. The molecular formula is C36H49NO12S. The summed E-state index contributed by atoms with van der Waals surface area (Å²) in [4.78, 5) is 27.5. The zero-order chi connectivity index (χ0) is 36.4. The highest BCUT2D eigenvalue weighted by Crippen LogP contribution is 2.55. The zero-order valence-corrected chi connectivity index (χ0v) is 29.8. The normalized spacial score (nSPS) is 40.7. The van der Waals surface area contributed by atoms with Crippen molar-refractivity contribution < 1.29 is 56.6 Å². The number of amides is 1. The lowest BCUT2D eigenvalue weighted by Gasteiger charge is -2.54. The number of ether oxygens (including phenoxy) is 2. The summed E-state index contributed by atoms with van der Waals surface area (Å²) in [7, 11) is -4.79. The molecule has 2 aliphatic carbocycles. The van der Waals surface area contributed by atoms with Crippen LogP contribution in [-0.4, -0.2) is 69.3 Å². The molecule has 2 saturated heterocycles. The second-order valence-corrected chi connectivity index (χ2v) is 16.5. The number of carbonyl (C=O) groups excluding carboxylic acids is 2. The van der Waals surface area contributed by atoms with Crippen LogP contribution in [0.25, 0.3) is 0 Å². The summed E-state index contributed by atoms with van der Waals surface area (Å²) in [5.41, 5.74) is 1.02. The van der Waals surface area contributed by atoms with Crippen molar-refractivity contribution >= 4 is 22.1 Å². The van der Waals surface area contributed by atoms with E-state index in [-0.39, 0.29) is 35.2 Å². The number of phenols is 2. The number of allylic oxidation sites excluding steroid dienone is 2. The number of ketones is 1. The van der Waals surface area contributed by atoms with Gasteiger partial charge in [-0.3, -0.25) is 14.1 Å². The summed E-state index contributed by atoms with van der Waals surface area (Å²) >= 11 is 0. The first-order valence-corrected chi connectivity index (χ1v) is 18.9. The monoisotopic (exact) mass is 719 g/mol. The van der Waals surface area contributed by atoms with Crippen molar-refractivity contribution in [3.8, 4) is 11.5 Å². The van der Waals surface area contributed by atoms with Crippen molar-refractivity contribution in [2.24, 2.45) is 47.3 Å². The molecule has 1 spiro atoms. The van der Waals surface area contributed by atoms with E-state index in [2.05, 4.69) is 32.2 Å². The van der Waals surface area contributed by atoms with Gasteiger partial charge >= 0.3 is 10.4 Å². The number of nitrogens with one attached hydrogen (secondary N) is 1. The average molecular weight is 720 g/mol. The van der Waals surface area contributed by atoms with Crippen LogP contribution in [0.1, 0.15) is 84.8 Å². The van der Waals surface area contributed by atoms with Gasteiger partial charge < -0.3 is 35.2 Å². The van der Waals surface area contributed by atoms with Crippen LogP contribution in [0.2, 0.25) is 0 Å². The van der Waals surface area contributed by atoms with E-state index >= 15 is 0 Å². The molecule has 3 fully saturated rings. The fourth-order valence-corrected chi connectivity index (χ4v) is 10.2. The van der Waals surface area contributed by atoms with Gasteiger partial charge in [-0.1, -0.05) is 39.3 Å². The highest BCUT2D eigenvalue weighted by Gasteiger charge is 2.55. The highest BCUT2D eigenvalue weighted by molar-refractivity contribution is 7.80. The summed E-state index contributed by atoms with van der Waals surface area (Å²) in [6.07, 6.45) is 1.86. The molecule has 13 unspecified atom stereocenters. The van der Waals surface area contributed by atoms with Crippen molar-refractivity contribution in [1.29, 1.82) is 0 Å². The minimum Gasteiger partial charge on any atom is -0.508 e. The van der Waals surface area contributed by atoms with Crippen LogP contribution in [0.3, 0.4) is 0 Å². The van der Waals surface area contributed by atoms with E-state index in [1.54, 1.807) is 19.1 Å². The second kappa shape index (κ2) is 13.5. The van der Waals surface area contributed by atoms with Crippen LogP contribution in [0, 0.1) is 47.3 Å². The largest absolute Gasteiger partial charge is 0.508 e. The summed E-state index contributed by atoms with van der Waals surface area (Å²) in [5.74, 6) is -6.00. The number of aliphatic hydroxyl groups is 2. The molecule has 13 nitrogen and oxygen atoms in total. The van der Waals surface area contributed by atoms with Crippen molar-refractivity contribution in [2.45, 2.75) is 103 Å². The fourth-order valence-electron chi connectivity index (χ4n) is 9.66. The third-order valence-electron chi connectivity index (χ3n) is 12.2. The van der Waals surface area contributed by atoms with Gasteiger partial charge in [0.2, 0.25) is 0 Å². The Balaban J connectivity index is 1.35. The molecule has 3 heterocycles.